The number of nitrogens with one attached hydrogen (secondary N) is 1. The number of aryl methyl sites for hydroxylation is 1. The van der Waals surface area contributed by atoms with Gasteiger partial charge in [0.15, 0.2) is 0 Å². The van der Waals surface area contributed by atoms with Crippen LogP contribution in [0.25, 0.3) is 0 Å². The van der Waals surface area contributed by atoms with Gasteiger partial charge < -0.3 is 5.32 Å². The van der Waals surface area contributed by atoms with E-state index in [1.165, 1.54) is 20.6 Å². The minimum Gasteiger partial charge on any atom is -0.384 e. The van der Waals surface area contributed by atoms with Crippen molar-refractivity contribution in [3.63, 3.8) is 0 Å². The molecule has 2 rings (SSSR count). The molecule has 1 heterocycles. The Hall–Kier alpha value is -0.840. The molecular weight excluding hydrogens is 320 g/mol. The van der Waals surface area contributed by atoms with Crippen molar-refractivity contribution in [1.29, 1.82) is 0 Å². The smallest absolute Gasteiger partial charge is 0.0340 e. The molecule has 102 valence electrons. The molecule has 19 heavy (non-hydrogen) atoms. The Balaban J connectivity index is 1.71. The van der Waals surface area contributed by atoms with Gasteiger partial charge in [-0.2, -0.15) is 0 Å². The fraction of sp³-hybridized carbons (Fsp3) is 0.333. The number of rotatable bonds is 6. The predicted octanol–water partition coefficient (Wildman–Crippen LogP) is 4.36. The summed E-state index contributed by atoms with van der Waals surface area (Å²) in [5, 5.41) is 5.58. The topological polar surface area (TPSA) is 15.3 Å². The summed E-state index contributed by atoms with van der Waals surface area (Å²) in [6.07, 6.45) is 0. The first-order valence-electron chi connectivity index (χ1n) is 6.35. The summed E-state index contributed by atoms with van der Waals surface area (Å²) in [5.41, 5.74) is 2.49. The second-order valence-corrected chi connectivity index (χ2v) is 6.67. The summed E-state index contributed by atoms with van der Waals surface area (Å²) < 4.78 is 1.18. The molecule has 2 aromatic rings. The third-order valence-electron chi connectivity index (χ3n) is 2.92. The fourth-order valence-corrected chi connectivity index (χ4v) is 3.37. The quantitative estimate of drug-likeness (QED) is 0.841. The van der Waals surface area contributed by atoms with E-state index in [1.54, 1.807) is 11.3 Å². The molecule has 4 heteroatoms. The van der Waals surface area contributed by atoms with Crippen LogP contribution in [0.15, 0.2) is 40.2 Å². The molecule has 0 spiro atoms. The van der Waals surface area contributed by atoms with E-state index in [9.17, 15) is 0 Å². The molecule has 0 fully saturated rings. The summed E-state index contributed by atoms with van der Waals surface area (Å²) in [7, 11) is 2.16. The summed E-state index contributed by atoms with van der Waals surface area (Å²) >= 11 is 5.29. The van der Waals surface area contributed by atoms with Gasteiger partial charge in [0.05, 0.1) is 0 Å². The maximum atomic E-state index is 3.49. The van der Waals surface area contributed by atoms with Gasteiger partial charge in [-0.25, -0.2) is 0 Å². The van der Waals surface area contributed by atoms with Gasteiger partial charge in [-0.3, -0.25) is 4.90 Å². The lowest BCUT2D eigenvalue weighted by Gasteiger charge is -2.16. The molecule has 1 N–H and O–H groups in total. The highest BCUT2D eigenvalue weighted by atomic mass is 79.9. The molecule has 0 aliphatic carbocycles. The van der Waals surface area contributed by atoms with E-state index in [0.717, 1.165) is 19.6 Å². The number of thiophene rings is 1. The summed E-state index contributed by atoms with van der Waals surface area (Å²) in [5.74, 6) is 0. The van der Waals surface area contributed by atoms with Crippen molar-refractivity contribution in [3.05, 3.63) is 50.6 Å². The first-order valence-corrected chi connectivity index (χ1v) is 8.03. The highest BCUT2D eigenvalue weighted by Gasteiger charge is 2.02. The van der Waals surface area contributed by atoms with Crippen LogP contribution in [0, 0.1) is 6.92 Å². The van der Waals surface area contributed by atoms with Crippen LogP contribution in [-0.4, -0.2) is 25.0 Å². The van der Waals surface area contributed by atoms with E-state index in [4.69, 9.17) is 0 Å². The molecule has 2 nitrogen and oxygen atoms in total. The third kappa shape index (κ3) is 4.97. The Morgan fingerprint density at radius 3 is 2.63 bits per heavy atom. The van der Waals surface area contributed by atoms with Crippen molar-refractivity contribution in [2.45, 2.75) is 13.5 Å². The highest BCUT2D eigenvalue weighted by Crippen LogP contribution is 2.20. The lowest BCUT2D eigenvalue weighted by molar-refractivity contribution is 0.343. The molecule has 0 amide bonds. The average Bonchev–Trinajstić information content (AvgIpc) is 2.77. The molecule has 0 radical (unpaired) electrons. The third-order valence-corrected chi connectivity index (χ3v) is 4.60. The van der Waals surface area contributed by atoms with Gasteiger partial charge in [-0.1, -0.05) is 17.7 Å². The molecule has 1 aromatic carbocycles. The second-order valence-electron chi connectivity index (χ2n) is 4.76. The monoisotopic (exact) mass is 338 g/mol. The van der Waals surface area contributed by atoms with Gasteiger partial charge in [-0.15, -0.1) is 11.3 Å². The Morgan fingerprint density at radius 2 is 2.00 bits per heavy atom. The van der Waals surface area contributed by atoms with Crippen molar-refractivity contribution in [2.75, 3.05) is 25.5 Å². The molecule has 0 bridgehead atoms. The number of likely N-dealkylation sites (N-methyl/N-ethyl adjacent to an activating group) is 1. The lowest BCUT2D eigenvalue weighted by Crippen LogP contribution is -2.24. The molecule has 0 aliphatic heterocycles. The minimum atomic E-state index is 0.964. The molecule has 0 saturated heterocycles. The van der Waals surface area contributed by atoms with Crippen LogP contribution in [0.1, 0.15) is 10.4 Å². The van der Waals surface area contributed by atoms with Crippen LogP contribution in [-0.2, 0) is 6.54 Å². The Bertz CT molecular complexity index is 507. The van der Waals surface area contributed by atoms with Gasteiger partial charge in [-0.05, 0) is 48.1 Å². The molecular formula is C15H19BrN2S. The Labute approximate surface area is 127 Å². The zero-order chi connectivity index (χ0) is 13.7. The summed E-state index contributed by atoms with van der Waals surface area (Å²) in [6.45, 7) is 5.11. The van der Waals surface area contributed by atoms with Gasteiger partial charge in [0, 0.05) is 40.1 Å². The standard InChI is InChI=1S/C15H19BrN2S/c1-12-3-5-14(6-4-12)17-7-8-18(2)10-15-9-13(16)11-19-15/h3-6,9,11,17H,7-8,10H2,1-2H3. The van der Waals surface area contributed by atoms with E-state index in [2.05, 4.69) is 75.8 Å². The highest BCUT2D eigenvalue weighted by molar-refractivity contribution is 9.10. The number of hydrogen-bond acceptors (Lipinski definition) is 3. The van der Waals surface area contributed by atoms with Crippen molar-refractivity contribution >= 4 is 33.0 Å². The van der Waals surface area contributed by atoms with Crippen molar-refractivity contribution < 1.29 is 0 Å². The largest absolute Gasteiger partial charge is 0.384 e. The molecule has 0 unspecified atom stereocenters. The average molecular weight is 339 g/mol. The van der Waals surface area contributed by atoms with Crippen LogP contribution in [0.4, 0.5) is 5.69 Å². The fourth-order valence-electron chi connectivity index (χ4n) is 1.84. The van der Waals surface area contributed by atoms with Crippen LogP contribution < -0.4 is 5.32 Å². The number of hydrogen-bond donors (Lipinski definition) is 1. The normalized spacial score (nSPS) is 10.9. The first-order chi connectivity index (χ1) is 9.13. The molecule has 0 saturated carbocycles. The number of anilines is 1. The van der Waals surface area contributed by atoms with Crippen LogP contribution in [0.5, 0.6) is 0 Å². The molecule has 0 atom stereocenters. The predicted molar refractivity (Wildman–Crippen MR) is 88.0 cm³/mol. The van der Waals surface area contributed by atoms with Crippen molar-refractivity contribution in [1.82, 2.24) is 4.90 Å². The Kier molecular flexibility index (Phi) is 5.43. The maximum absolute atomic E-state index is 3.49. The van der Waals surface area contributed by atoms with Gasteiger partial charge in [0.25, 0.3) is 0 Å². The molecule has 0 aliphatic rings. The zero-order valence-corrected chi connectivity index (χ0v) is 13.7. The first kappa shape index (κ1) is 14.6. The van der Waals surface area contributed by atoms with E-state index in [-0.39, 0.29) is 0 Å². The van der Waals surface area contributed by atoms with Gasteiger partial charge in [0.1, 0.15) is 0 Å². The summed E-state index contributed by atoms with van der Waals surface area (Å²) in [6, 6.07) is 10.7. The molecule has 1 aromatic heterocycles. The van der Waals surface area contributed by atoms with Crippen LogP contribution in [0.3, 0.4) is 0 Å². The van der Waals surface area contributed by atoms with Crippen LogP contribution >= 0.6 is 27.3 Å². The van der Waals surface area contributed by atoms with Crippen LogP contribution in [0.2, 0.25) is 0 Å². The van der Waals surface area contributed by atoms with E-state index in [0.29, 0.717) is 0 Å². The van der Waals surface area contributed by atoms with Crippen molar-refractivity contribution in [2.24, 2.45) is 0 Å². The number of halogens is 1. The van der Waals surface area contributed by atoms with Crippen molar-refractivity contribution in [3.8, 4) is 0 Å². The number of benzene rings is 1. The van der Waals surface area contributed by atoms with E-state index >= 15 is 0 Å². The minimum absolute atomic E-state index is 0.964. The number of nitrogens with zero attached hydrogens (tertiary/aromatic N) is 1. The van der Waals surface area contributed by atoms with Gasteiger partial charge >= 0.3 is 0 Å². The zero-order valence-electron chi connectivity index (χ0n) is 11.3. The maximum Gasteiger partial charge on any atom is 0.0340 e. The summed E-state index contributed by atoms with van der Waals surface area (Å²) in [4.78, 5) is 3.73. The lowest BCUT2D eigenvalue weighted by atomic mass is 10.2. The van der Waals surface area contributed by atoms with E-state index in [1.807, 2.05) is 0 Å². The van der Waals surface area contributed by atoms with E-state index < -0.39 is 0 Å². The second kappa shape index (κ2) is 7.08. The Morgan fingerprint density at radius 1 is 1.26 bits per heavy atom. The van der Waals surface area contributed by atoms with Gasteiger partial charge in [0.2, 0.25) is 0 Å². The SMILES string of the molecule is Cc1ccc(NCCN(C)Cc2cc(Br)cs2)cc1.